The number of fused-ring (bicyclic) bond motifs is 5. The van der Waals surface area contributed by atoms with Crippen LogP contribution in [0.2, 0.25) is 0 Å². The number of aliphatic hydroxyl groups excluding tert-OH is 1. The standard InChI is InChI=1S/C23H30O5S2/c1-21-8-6-14(24)10-13(21)4-5-15-16-7-9-23(27,18(26)12-30-20(29)28-3)22(16,2)11-17(25)19(15)21/h6,8,10,15-17,19,25,27H,4-5,7,9,11-12H2,1-3H3/t15-,16-,17-,19+,21-,22-,23-/m0/s1. The largest absolute Gasteiger partial charge is 0.482 e. The van der Waals surface area contributed by atoms with Crippen LogP contribution in [0, 0.1) is 28.6 Å². The molecule has 0 aromatic rings. The molecule has 0 heterocycles. The van der Waals surface area contributed by atoms with E-state index in [1.807, 2.05) is 13.0 Å². The molecule has 4 rings (SSSR count). The highest BCUT2D eigenvalue weighted by Crippen LogP contribution is 2.67. The number of ketones is 2. The zero-order valence-corrected chi connectivity index (χ0v) is 19.4. The number of methoxy groups -OCH3 is 1. The van der Waals surface area contributed by atoms with Crippen LogP contribution >= 0.6 is 24.0 Å². The van der Waals surface area contributed by atoms with E-state index in [2.05, 4.69) is 6.92 Å². The lowest BCUT2D eigenvalue weighted by Gasteiger charge is -2.59. The monoisotopic (exact) mass is 450 g/mol. The molecule has 30 heavy (non-hydrogen) atoms. The highest BCUT2D eigenvalue weighted by molar-refractivity contribution is 8.23. The number of thioether (sulfide) groups is 1. The molecule has 4 aliphatic rings. The summed E-state index contributed by atoms with van der Waals surface area (Å²) in [7, 11) is 1.47. The third-order valence-corrected chi connectivity index (χ3v) is 9.93. The van der Waals surface area contributed by atoms with Gasteiger partial charge in [0.2, 0.25) is 4.38 Å². The molecule has 0 amide bonds. The van der Waals surface area contributed by atoms with Gasteiger partial charge in [0.05, 0.1) is 19.0 Å². The lowest BCUT2D eigenvalue weighted by molar-refractivity contribution is -0.174. The summed E-state index contributed by atoms with van der Waals surface area (Å²) >= 11 is 6.16. The smallest absolute Gasteiger partial charge is 0.220 e. The van der Waals surface area contributed by atoms with E-state index in [0.717, 1.165) is 36.6 Å². The molecule has 164 valence electrons. The second-order valence-corrected chi connectivity index (χ2v) is 11.4. The molecule has 0 aromatic carbocycles. The van der Waals surface area contributed by atoms with Crippen LogP contribution in [-0.4, -0.2) is 50.7 Å². The molecule has 2 N–H and O–H groups in total. The lowest BCUT2D eigenvalue weighted by Crippen LogP contribution is -2.61. The first-order valence-electron chi connectivity index (χ1n) is 10.7. The summed E-state index contributed by atoms with van der Waals surface area (Å²) in [5.41, 5.74) is -1.38. The zero-order valence-electron chi connectivity index (χ0n) is 17.7. The molecule has 7 heteroatoms. The maximum Gasteiger partial charge on any atom is 0.220 e. The van der Waals surface area contributed by atoms with Crippen LogP contribution in [0.1, 0.15) is 46.0 Å². The van der Waals surface area contributed by atoms with Crippen molar-refractivity contribution in [2.45, 2.75) is 57.7 Å². The average Bonchev–Trinajstić information content (AvgIpc) is 2.97. The molecule has 0 bridgehead atoms. The fourth-order valence-electron chi connectivity index (χ4n) is 7.09. The van der Waals surface area contributed by atoms with Gasteiger partial charge in [0.25, 0.3) is 0 Å². The summed E-state index contributed by atoms with van der Waals surface area (Å²) in [6.45, 7) is 4.11. The molecule has 0 saturated heterocycles. The first-order valence-corrected chi connectivity index (χ1v) is 12.0. The van der Waals surface area contributed by atoms with Gasteiger partial charge in [0.15, 0.2) is 11.6 Å². The Bertz CT molecular complexity index is 851. The van der Waals surface area contributed by atoms with Gasteiger partial charge in [0, 0.05) is 16.7 Å². The number of carbonyl (C=O) groups is 2. The molecule has 5 nitrogen and oxygen atoms in total. The number of ether oxygens (including phenoxy) is 1. The highest BCUT2D eigenvalue weighted by Gasteiger charge is 2.67. The van der Waals surface area contributed by atoms with Crippen molar-refractivity contribution in [3.05, 3.63) is 23.8 Å². The Morgan fingerprint density at radius 2 is 2.10 bits per heavy atom. The summed E-state index contributed by atoms with van der Waals surface area (Å²) in [6.07, 6.45) is 7.94. The van der Waals surface area contributed by atoms with Gasteiger partial charge in [-0.15, -0.1) is 0 Å². The number of hydrogen-bond donors (Lipinski definition) is 2. The van der Waals surface area contributed by atoms with Crippen LogP contribution in [-0.2, 0) is 14.3 Å². The quantitative estimate of drug-likeness (QED) is 0.639. The third-order valence-electron chi connectivity index (χ3n) is 8.60. The molecule has 3 fully saturated rings. The van der Waals surface area contributed by atoms with Gasteiger partial charge in [-0.3, -0.25) is 9.59 Å². The van der Waals surface area contributed by atoms with Crippen LogP contribution in [0.25, 0.3) is 0 Å². The summed E-state index contributed by atoms with van der Waals surface area (Å²) in [6, 6.07) is 0. The van der Waals surface area contributed by atoms with E-state index in [1.54, 1.807) is 12.2 Å². The molecule has 0 radical (unpaired) electrons. The first-order chi connectivity index (χ1) is 14.1. The predicted octanol–water partition coefficient (Wildman–Crippen LogP) is 3.23. The number of aliphatic hydroxyl groups is 2. The summed E-state index contributed by atoms with van der Waals surface area (Å²) in [4.78, 5) is 25.0. The second-order valence-electron chi connectivity index (χ2n) is 9.78. The number of carbonyl (C=O) groups excluding carboxylic acids is 2. The number of rotatable bonds is 3. The lowest BCUT2D eigenvalue weighted by atomic mass is 9.46. The number of allylic oxidation sites excluding steroid dienone is 4. The van der Waals surface area contributed by atoms with Crippen LogP contribution in [0.4, 0.5) is 0 Å². The van der Waals surface area contributed by atoms with E-state index in [-0.39, 0.29) is 44.9 Å². The minimum absolute atomic E-state index is 0.00665. The van der Waals surface area contributed by atoms with Gasteiger partial charge < -0.3 is 14.9 Å². The molecular formula is C23H30O5S2. The van der Waals surface area contributed by atoms with E-state index in [4.69, 9.17) is 17.0 Å². The van der Waals surface area contributed by atoms with Crippen molar-refractivity contribution in [3.63, 3.8) is 0 Å². The Morgan fingerprint density at radius 1 is 1.37 bits per heavy atom. The molecule has 0 aliphatic heterocycles. The van der Waals surface area contributed by atoms with Crippen molar-refractivity contribution in [2.24, 2.45) is 28.6 Å². The Labute approximate surface area is 187 Å². The Hall–Kier alpha value is -1.02. The van der Waals surface area contributed by atoms with Gasteiger partial charge in [-0.1, -0.05) is 37.3 Å². The highest BCUT2D eigenvalue weighted by atomic mass is 32.2. The van der Waals surface area contributed by atoms with Gasteiger partial charge >= 0.3 is 0 Å². The van der Waals surface area contributed by atoms with E-state index in [9.17, 15) is 19.8 Å². The van der Waals surface area contributed by atoms with E-state index >= 15 is 0 Å². The Morgan fingerprint density at radius 3 is 2.80 bits per heavy atom. The fourth-order valence-corrected chi connectivity index (χ4v) is 7.87. The van der Waals surface area contributed by atoms with Crippen LogP contribution in [0.5, 0.6) is 0 Å². The number of hydrogen-bond acceptors (Lipinski definition) is 7. The molecule has 4 aliphatic carbocycles. The molecule has 0 spiro atoms. The van der Waals surface area contributed by atoms with Crippen molar-refractivity contribution in [1.29, 1.82) is 0 Å². The van der Waals surface area contributed by atoms with Crippen LogP contribution in [0.3, 0.4) is 0 Å². The normalized spacial score (nSPS) is 44.6. The fraction of sp³-hybridized carbons (Fsp3) is 0.696. The second kappa shape index (κ2) is 7.54. The van der Waals surface area contributed by atoms with Crippen LogP contribution < -0.4 is 0 Å². The molecule has 0 aromatic heterocycles. The van der Waals surface area contributed by atoms with Crippen molar-refractivity contribution in [2.75, 3.05) is 12.9 Å². The van der Waals surface area contributed by atoms with Gasteiger partial charge in [0.1, 0.15) is 5.60 Å². The van der Waals surface area contributed by atoms with Gasteiger partial charge in [-0.2, -0.15) is 0 Å². The summed E-state index contributed by atoms with van der Waals surface area (Å²) < 4.78 is 5.26. The van der Waals surface area contributed by atoms with E-state index in [1.165, 1.54) is 7.11 Å². The number of Topliss-reactive ketones (excluding diaryl/α,β-unsaturated/α-hetero) is 1. The van der Waals surface area contributed by atoms with E-state index in [0.29, 0.717) is 12.8 Å². The topological polar surface area (TPSA) is 83.8 Å². The molecule has 0 unspecified atom stereocenters. The average molecular weight is 451 g/mol. The van der Waals surface area contributed by atoms with Crippen molar-refractivity contribution < 1.29 is 24.5 Å². The summed E-state index contributed by atoms with van der Waals surface area (Å²) in [5, 5.41) is 23.0. The van der Waals surface area contributed by atoms with Crippen molar-refractivity contribution in [1.82, 2.24) is 0 Å². The summed E-state index contributed by atoms with van der Waals surface area (Å²) in [5.74, 6) is 0.215. The predicted molar refractivity (Wildman–Crippen MR) is 120 cm³/mol. The van der Waals surface area contributed by atoms with Gasteiger partial charge in [-0.05, 0) is 68.3 Å². The van der Waals surface area contributed by atoms with Crippen molar-refractivity contribution in [3.8, 4) is 0 Å². The van der Waals surface area contributed by atoms with Crippen LogP contribution in [0.15, 0.2) is 23.8 Å². The maximum atomic E-state index is 13.1. The van der Waals surface area contributed by atoms with Crippen molar-refractivity contribution >= 4 is 39.9 Å². The Kier molecular flexibility index (Phi) is 5.57. The maximum absolute atomic E-state index is 13.1. The third kappa shape index (κ3) is 3.07. The SMILES string of the molecule is COC(=S)SCC(=O)[C@@]1(O)CC[C@H]2[C@@H]3CCC4=CC(=O)C=C[C@]4(C)[C@H]3[C@@H](O)C[C@@]21C. The number of thiocarbonyl (C=S) groups is 1. The van der Waals surface area contributed by atoms with Gasteiger partial charge in [-0.25, -0.2) is 0 Å². The first kappa shape index (κ1) is 22.2. The minimum atomic E-state index is -1.46. The molecule has 3 saturated carbocycles. The zero-order chi connectivity index (χ0) is 21.9. The van der Waals surface area contributed by atoms with E-state index < -0.39 is 17.1 Å². The Balaban J connectivity index is 1.63. The molecule has 7 atom stereocenters. The minimum Gasteiger partial charge on any atom is -0.482 e. The molecular weight excluding hydrogens is 420 g/mol.